The van der Waals surface area contributed by atoms with Crippen molar-refractivity contribution in [3.8, 4) is 5.75 Å². The predicted octanol–water partition coefficient (Wildman–Crippen LogP) is 2.04. The van der Waals surface area contributed by atoms with Gasteiger partial charge in [-0.05, 0) is 23.3 Å². The molecule has 0 aliphatic carbocycles. The number of carbonyl (C=O) groups excluding carboxylic acids is 1. The van der Waals surface area contributed by atoms with Crippen LogP contribution < -0.4 is 0 Å². The third-order valence-corrected chi connectivity index (χ3v) is 2.86. The topological polar surface area (TPSA) is 66.8 Å². The minimum Gasteiger partial charge on any atom is -0.508 e. The highest BCUT2D eigenvalue weighted by Crippen LogP contribution is 2.12. The van der Waals surface area contributed by atoms with Gasteiger partial charge in [-0.25, -0.2) is 4.79 Å². The van der Waals surface area contributed by atoms with Crippen molar-refractivity contribution in [3.63, 3.8) is 0 Å². The lowest BCUT2D eigenvalue weighted by Gasteiger charge is -2.11. The van der Waals surface area contributed by atoms with E-state index in [0.717, 1.165) is 11.1 Å². The van der Waals surface area contributed by atoms with Gasteiger partial charge in [-0.3, -0.25) is 0 Å². The van der Waals surface area contributed by atoms with E-state index in [1.54, 1.807) is 12.1 Å². The molecule has 4 nitrogen and oxygen atoms in total. The molecule has 0 amide bonds. The van der Waals surface area contributed by atoms with E-state index in [4.69, 9.17) is 9.84 Å². The van der Waals surface area contributed by atoms with Gasteiger partial charge in [0.25, 0.3) is 0 Å². The third-order valence-electron chi connectivity index (χ3n) is 2.86. The van der Waals surface area contributed by atoms with Crippen molar-refractivity contribution in [1.29, 1.82) is 0 Å². The molecule has 2 aromatic rings. The van der Waals surface area contributed by atoms with E-state index < -0.39 is 12.1 Å². The van der Waals surface area contributed by atoms with Crippen molar-refractivity contribution >= 4 is 5.97 Å². The summed E-state index contributed by atoms with van der Waals surface area (Å²) in [6.45, 7) is 0.145. The van der Waals surface area contributed by atoms with Crippen molar-refractivity contribution in [3.05, 3.63) is 65.7 Å². The van der Waals surface area contributed by atoms with Crippen LogP contribution in [0.4, 0.5) is 0 Å². The second kappa shape index (κ2) is 6.73. The Morgan fingerprint density at radius 3 is 2.30 bits per heavy atom. The molecule has 0 aliphatic heterocycles. The molecule has 0 saturated carbocycles. The first-order valence-corrected chi connectivity index (χ1v) is 6.31. The largest absolute Gasteiger partial charge is 0.508 e. The average molecular weight is 272 g/mol. The molecule has 0 aromatic heterocycles. The minimum atomic E-state index is -1.21. The maximum absolute atomic E-state index is 11.7. The molecule has 0 heterocycles. The van der Waals surface area contributed by atoms with Crippen LogP contribution in [0.2, 0.25) is 0 Å². The number of esters is 1. The number of ether oxygens (including phenoxy) is 1. The summed E-state index contributed by atoms with van der Waals surface area (Å²) < 4.78 is 5.05. The molecule has 0 radical (unpaired) electrons. The highest BCUT2D eigenvalue weighted by atomic mass is 16.5. The lowest BCUT2D eigenvalue weighted by atomic mass is 10.1. The molecule has 1 unspecified atom stereocenters. The van der Waals surface area contributed by atoms with Crippen LogP contribution in [0, 0.1) is 0 Å². The summed E-state index contributed by atoms with van der Waals surface area (Å²) in [6, 6.07) is 15.6. The number of aromatic hydroxyl groups is 1. The van der Waals surface area contributed by atoms with Crippen molar-refractivity contribution in [2.75, 3.05) is 0 Å². The normalized spacial score (nSPS) is 11.8. The lowest BCUT2D eigenvalue weighted by Crippen LogP contribution is -2.25. The first-order valence-electron chi connectivity index (χ1n) is 6.31. The van der Waals surface area contributed by atoms with E-state index in [-0.39, 0.29) is 18.8 Å². The van der Waals surface area contributed by atoms with Gasteiger partial charge in [-0.1, -0.05) is 42.5 Å². The van der Waals surface area contributed by atoms with Crippen LogP contribution in [-0.4, -0.2) is 22.3 Å². The van der Waals surface area contributed by atoms with E-state index in [2.05, 4.69) is 0 Å². The summed E-state index contributed by atoms with van der Waals surface area (Å²) in [5, 5.41) is 18.9. The van der Waals surface area contributed by atoms with Gasteiger partial charge in [-0.15, -0.1) is 0 Å². The Hall–Kier alpha value is -2.33. The van der Waals surface area contributed by atoms with Crippen LogP contribution in [0.1, 0.15) is 11.1 Å². The Bertz CT molecular complexity index is 548. The second-order valence-electron chi connectivity index (χ2n) is 4.48. The molecule has 0 aliphatic rings. The number of aliphatic hydroxyl groups is 1. The first kappa shape index (κ1) is 14.1. The van der Waals surface area contributed by atoms with Crippen LogP contribution in [0.15, 0.2) is 54.6 Å². The van der Waals surface area contributed by atoms with Crippen LogP contribution in [-0.2, 0) is 22.6 Å². The predicted molar refractivity (Wildman–Crippen MR) is 74.1 cm³/mol. The van der Waals surface area contributed by atoms with Crippen molar-refractivity contribution in [2.45, 2.75) is 19.1 Å². The Labute approximate surface area is 117 Å². The van der Waals surface area contributed by atoms with Crippen molar-refractivity contribution in [1.82, 2.24) is 0 Å². The Kier molecular flexibility index (Phi) is 4.74. The molecule has 0 saturated heterocycles. The van der Waals surface area contributed by atoms with Crippen LogP contribution >= 0.6 is 0 Å². The summed E-state index contributed by atoms with van der Waals surface area (Å²) in [4.78, 5) is 11.7. The fraction of sp³-hybridized carbons (Fsp3) is 0.188. The van der Waals surface area contributed by atoms with E-state index in [9.17, 15) is 9.90 Å². The molecule has 20 heavy (non-hydrogen) atoms. The van der Waals surface area contributed by atoms with Crippen LogP contribution in [0.25, 0.3) is 0 Å². The van der Waals surface area contributed by atoms with Crippen molar-refractivity contribution < 1.29 is 19.7 Å². The highest BCUT2D eigenvalue weighted by molar-refractivity contribution is 5.74. The standard InChI is InChI=1S/C16H16O4/c17-14-8-6-12(7-9-14)10-15(18)16(19)20-11-13-4-2-1-3-5-13/h1-9,15,17-18H,10-11H2. The molecule has 2 N–H and O–H groups in total. The summed E-state index contributed by atoms with van der Waals surface area (Å²) in [7, 11) is 0. The number of carbonyl (C=O) groups is 1. The third kappa shape index (κ3) is 4.10. The molecule has 1 atom stereocenters. The molecule has 0 bridgehead atoms. The molecular formula is C16H16O4. The van der Waals surface area contributed by atoms with Gasteiger partial charge in [0.15, 0.2) is 6.10 Å². The Morgan fingerprint density at radius 1 is 1.00 bits per heavy atom. The Balaban J connectivity index is 1.84. The number of aliphatic hydroxyl groups excluding tert-OH is 1. The molecule has 104 valence electrons. The molecule has 0 fully saturated rings. The van der Waals surface area contributed by atoms with Crippen LogP contribution in [0.5, 0.6) is 5.75 Å². The molecule has 2 aromatic carbocycles. The number of phenolic OH excluding ortho intramolecular Hbond substituents is 1. The zero-order chi connectivity index (χ0) is 14.4. The summed E-state index contributed by atoms with van der Waals surface area (Å²) in [5.74, 6) is -0.503. The monoisotopic (exact) mass is 272 g/mol. The maximum Gasteiger partial charge on any atom is 0.335 e. The van der Waals surface area contributed by atoms with Gasteiger partial charge in [0.05, 0.1) is 0 Å². The van der Waals surface area contributed by atoms with Gasteiger partial charge in [0.1, 0.15) is 12.4 Å². The second-order valence-corrected chi connectivity index (χ2v) is 4.48. The van der Waals surface area contributed by atoms with Gasteiger partial charge in [0, 0.05) is 6.42 Å². The lowest BCUT2D eigenvalue weighted by molar-refractivity contribution is -0.154. The van der Waals surface area contributed by atoms with Gasteiger partial charge < -0.3 is 14.9 Å². The first-order chi connectivity index (χ1) is 9.65. The number of hydrogen-bond acceptors (Lipinski definition) is 4. The van der Waals surface area contributed by atoms with Crippen molar-refractivity contribution in [2.24, 2.45) is 0 Å². The molecule has 4 heteroatoms. The fourth-order valence-corrected chi connectivity index (χ4v) is 1.76. The van der Waals surface area contributed by atoms with E-state index in [1.807, 2.05) is 30.3 Å². The summed E-state index contributed by atoms with van der Waals surface area (Å²) in [6.07, 6.45) is -1.04. The number of hydrogen-bond donors (Lipinski definition) is 2. The average Bonchev–Trinajstić information content (AvgIpc) is 2.48. The molecule has 0 spiro atoms. The summed E-state index contributed by atoms with van der Waals surface area (Å²) in [5.41, 5.74) is 1.63. The van der Waals surface area contributed by atoms with E-state index in [1.165, 1.54) is 12.1 Å². The smallest absolute Gasteiger partial charge is 0.335 e. The minimum absolute atomic E-state index is 0.145. The van der Waals surface area contributed by atoms with Crippen LogP contribution in [0.3, 0.4) is 0 Å². The van der Waals surface area contributed by atoms with E-state index in [0.29, 0.717) is 0 Å². The number of phenols is 1. The quantitative estimate of drug-likeness (QED) is 0.817. The maximum atomic E-state index is 11.7. The van der Waals surface area contributed by atoms with Gasteiger partial charge >= 0.3 is 5.97 Å². The van der Waals surface area contributed by atoms with Gasteiger partial charge in [-0.2, -0.15) is 0 Å². The Morgan fingerprint density at radius 2 is 1.65 bits per heavy atom. The van der Waals surface area contributed by atoms with Gasteiger partial charge in [0.2, 0.25) is 0 Å². The summed E-state index contributed by atoms with van der Waals surface area (Å²) >= 11 is 0. The molecule has 2 rings (SSSR count). The van der Waals surface area contributed by atoms with E-state index >= 15 is 0 Å². The SMILES string of the molecule is O=C(OCc1ccccc1)C(O)Cc1ccc(O)cc1. The molecular weight excluding hydrogens is 256 g/mol. The number of rotatable bonds is 5. The zero-order valence-electron chi connectivity index (χ0n) is 10.9. The fourth-order valence-electron chi connectivity index (χ4n) is 1.76. The zero-order valence-corrected chi connectivity index (χ0v) is 10.9. The number of benzene rings is 2. The highest BCUT2D eigenvalue weighted by Gasteiger charge is 2.17.